The molecule has 28 heavy (non-hydrogen) atoms. The minimum Gasteiger partial charge on any atom is -0.344 e. The summed E-state index contributed by atoms with van der Waals surface area (Å²) in [5.41, 5.74) is 8.04. The SMILES string of the molecule is Cc1ccc2c(c1)c1c(n2CCc2ccc(C)nc2)CCN(CCC#N)CC1. The van der Waals surface area contributed by atoms with E-state index in [-0.39, 0.29) is 0 Å². The molecule has 144 valence electrons. The van der Waals surface area contributed by atoms with Crippen LogP contribution in [0.4, 0.5) is 0 Å². The fourth-order valence-corrected chi connectivity index (χ4v) is 4.38. The maximum Gasteiger partial charge on any atom is 0.0635 e. The lowest BCUT2D eigenvalue weighted by Crippen LogP contribution is -2.27. The van der Waals surface area contributed by atoms with E-state index >= 15 is 0 Å². The highest BCUT2D eigenvalue weighted by Crippen LogP contribution is 2.30. The Labute approximate surface area is 167 Å². The van der Waals surface area contributed by atoms with Crippen molar-refractivity contribution in [2.24, 2.45) is 0 Å². The molecule has 2 aromatic heterocycles. The van der Waals surface area contributed by atoms with Crippen LogP contribution in [-0.4, -0.2) is 34.1 Å². The Morgan fingerprint density at radius 3 is 2.71 bits per heavy atom. The predicted octanol–water partition coefficient (Wildman–Crippen LogP) is 4.21. The first-order valence-electron chi connectivity index (χ1n) is 10.3. The minimum absolute atomic E-state index is 0.616. The number of benzene rings is 1. The van der Waals surface area contributed by atoms with Gasteiger partial charge in [-0.3, -0.25) is 4.98 Å². The second kappa shape index (κ2) is 8.16. The quantitative estimate of drug-likeness (QED) is 0.674. The van der Waals surface area contributed by atoms with Gasteiger partial charge in [-0.15, -0.1) is 0 Å². The van der Waals surface area contributed by atoms with Crippen LogP contribution in [0.25, 0.3) is 10.9 Å². The fraction of sp³-hybridized carbons (Fsp3) is 0.417. The third-order valence-electron chi connectivity index (χ3n) is 5.92. The molecule has 0 spiro atoms. The number of hydrogen-bond acceptors (Lipinski definition) is 3. The Kier molecular flexibility index (Phi) is 5.45. The maximum absolute atomic E-state index is 8.93. The Morgan fingerprint density at radius 1 is 1.07 bits per heavy atom. The van der Waals surface area contributed by atoms with E-state index in [0.29, 0.717) is 6.42 Å². The molecule has 1 aromatic carbocycles. The van der Waals surface area contributed by atoms with E-state index in [1.165, 1.54) is 33.3 Å². The first kappa shape index (κ1) is 18.7. The van der Waals surface area contributed by atoms with Crippen molar-refractivity contribution in [2.75, 3.05) is 19.6 Å². The lowest BCUT2D eigenvalue weighted by atomic mass is 10.1. The van der Waals surface area contributed by atoms with Crippen LogP contribution in [-0.2, 0) is 25.8 Å². The summed E-state index contributed by atoms with van der Waals surface area (Å²) < 4.78 is 2.54. The smallest absolute Gasteiger partial charge is 0.0635 e. The van der Waals surface area contributed by atoms with Crippen LogP contribution in [0.1, 0.15) is 34.5 Å². The number of fused-ring (bicyclic) bond motifs is 3. The number of rotatable bonds is 5. The molecule has 0 unspecified atom stereocenters. The van der Waals surface area contributed by atoms with Crippen molar-refractivity contribution in [3.8, 4) is 6.07 Å². The van der Waals surface area contributed by atoms with Crippen molar-refractivity contribution in [3.63, 3.8) is 0 Å². The molecule has 3 heterocycles. The molecule has 0 saturated carbocycles. The lowest BCUT2D eigenvalue weighted by Gasteiger charge is -2.18. The zero-order valence-electron chi connectivity index (χ0n) is 16.9. The number of nitriles is 1. The highest BCUT2D eigenvalue weighted by Gasteiger charge is 2.21. The molecule has 4 heteroatoms. The van der Waals surface area contributed by atoms with Gasteiger partial charge < -0.3 is 9.47 Å². The van der Waals surface area contributed by atoms with Gasteiger partial charge in [0.1, 0.15) is 0 Å². The fourth-order valence-electron chi connectivity index (χ4n) is 4.38. The molecule has 0 saturated heterocycles. The molecule has 0 N–H and O–H groups in total. The second-order valence-corrected chi connectivity index (χ2v) is 7.91. The molecule has 3 aromatic rings. The summed E-state index contributed by atoms with van der Waals surface area (Å²) in [4.78, 5) is 6.90. The maximum atomic E-state index is 8.93. The van der Waals surface area contributed by atoms with Gasteiger partial charge in [-0.05, 0) is 56.0 Å². The van der Waals surface area contributed by atoms with Gasteiger partial charge in [0.25, 0.3) is 0 Å². The van der Waals surface area contributed by atoms with Crippen molar-refractivity contribution in [1.29, 1.82) is 5.26 Å². The van der Waals surface area contributed by atoms with Gasteiger partial charge in [-0.25, -0.2) is 0 Å². The van der Waals surface area contributed by atoms with Crippen LogP contribution >= 0.6 is 0 Å². The second-order valence-electron chi connectivity index (χ2n) is 7.91. The van der Waals surface area contributed by atoms with Crippen LogP contribution < -0.4 is 0 Å². The van der Waals surface area contributed by atoms with E-state index in [2.05, 4.69) is 57.8 Å². The van der Waals surface area contributed by atoms with Crippen molar-refractivity contribution < 1.29 is 0 Å². The van der Waals surface area contributed by atoms with Crippen molar-refractivity contribution in [3.05, 3.63) is 64.6 Å². The monoisotopic (exact) mass is 372 g/mol. The van der Waals surface area contributed by atoms with E-state index in [1.54, 1.807) is 0 Å². The summed E-state index contributed by atoms with van der Waals surface area (Å²) in [7, 11) is 0. The average Bonchev–Trinajstić information content (AvgIpc) is 2.84. The Hall–Kier alpha value is -2.64. The largest absolute Gasteiger partial charge is 0.344 e. The van der Waals surface area contributed by atoms with Gasteiger partial charge >= 0.3 is 0 Å². The minimum atomic E-state index is 0.616. The van der Waals surface area contributed by atoms with Gasteiger partial charge in [0.15, 0.2) is 0 Å². The van der Waals surface area contributed by atoms with Crippen LogP contribution in [0.15, 0.2) is 36.5 Å². The van der Waals surface area contributed by atoms with Gasteiger partial charge in [0.2, 0.25) is 0 Å². The zero-order valence-corrected chi connectivity index (χ0v) is 16.9. The first-order valence-corrected chi connectivity index (χ1v) is 10.3. The van der Waals surface area contributed by atoms with Gasteiger partial charge in [-0.2, -0.15) is 5.26 Å². The molecule has 0 atom stereocenters. The highest BCUT2D eigenvalue weighted by atomic mass is 15.1. The first-order chi connectivity index (χ1) is 13.7. The van der Waals surface area contributed by atoms with Gasteiger partial charge in [0, 0.05) is 67.5 Å². The summed E-state index contributed by atoms with van der Waals surface area (Å²) in [6.45, 7) is 8.16. The summed E-state index contributed by atoms with van der Waals surface area (Å²) in [5.74, 6) is 0. The molecule has 1 aliphatic rings. The standard InChI is InChI=1S/C24H28N4/c1-18-4-7-23-22(16-18)21-9-13-27(12-3-11-25)14-10-24(21)28(23)15-8-20-6-5-19(2)26-17-20/h4-7,16-17H,3,8-10,12-15H2,1-2H3. The molecule has 1 aliphatic heterocycles. The molecule has 0 fully saturated rings. The van der Waals surface area contributed by atoms with E-state index < -0.39 is 0 Å². The Bertz CT molecular complexity index is 1010. The molecule has 0 amide bonds. The number of nitrogens with zero attached hydrogens (tertiary/aromatic N) is 4. The molecule has 4 nitrogen and oxygen atoms in total. The predicted molar refractivity (Wildman–Crippen MR) is 113 cm³/mol. The topological polar surface area (TPSA) is 44.9 Å². The van der Waals surface area contributed by atoms with Crippen LogP contribution in [0.3, 0.4) is 0 Å². The van der Waals surface area contributed by atoms with E-state index in [0.717, 1.165) is 51.1 Å². The van der Waals surface area contributed by atoms with Crippen molar-refractivity contribution in [2.45, 2.75) is 46.1 Å². The number of pyridine rings is 1. The molecule has 0 bridgehead atoms. The summed E-state index contributed by atoms with van der Waals surface area (Å²) >= 11 is 0. The van der Waals surface area contributed by atoms with Gasteiger partial charge in [0.05, 0.1) is 6.07 Å². The average molecular weight is 373 g/mol. The van der Waals surface area contributed by atoms with Crippen molar-refractivity contribution >= 4 is 10.9 Å². The van der Waals surface area contributed by atoms with E-state index in [1.807, 2.05) is 13.1 Å². The summed E-state index contributed by atoms with van der Waals surface area (Å²) in [6, 6.07) is 13.4. The van der Waals surface area contributed by atoms with Crippen molar-refractivity contribution in [1.82, 2.24) is 14.5 Å². The van der Waals surface area contributed by atoms with Crippen LogP contribution in [0, 0.1) is 25.2 Å². The van der Waals surface area contributed by atoms with E-state index in [9.17, 15) is 0 Å². The number of aryl methyl sites for hydroxylation is 4. The lowest BCUT2D eigenvalue weighted by molar-refractivity contribution is 0.293. The molecular weight excluding hydrogens is 344 g/mol. The zero-order chi connectivity index (χ0) is 19.5. The third kappa shape index (κ3) is 3.81. The van der Waals surface area contributed by atoms with Crippen LogP contribution in [0.5, 0.6) is 0 Å². The number of aromatic nitrogens is 2. The molecule has 0 aliphatic carbocycles. The molecule has 4 rings (SSSR count). The molecule has 0 radical (unpaired) electrons. The van der Waals surface area contributed by atoms with E-state index in [4.69, 9.17) is 5.26 Å². The Morgan fingerprint density at radius 2 is 1.93 bits per heavy atom. The van der Waals surface area contributed by atoms with Crippen LogP contribution in [0.2, 0.25) is 0 Å². The summed E-state index contributed by atoms with van der Waals surface area (Å²) in [6.07, 6.45) is 5.74. The normalized spacial score (nSPS) is 14.6. The third-order valence-corrected chi connectivity index (χ3v) is 5.92. The van der Waals surface area contributed by atoms with Gasteiger partial charge in [-0.1, -0.05) is 17.7 Å². The highest BCUT2D eigenvalue weighted by molar-refractivity contribution is 5.86. The summed E-state index contributed by atoms with van der Waals surface area (Å²) in [5, 5.41) is 10.3. The molecular formula is C24H28N4. The Balaban J connectivity index is 1.65. The number of hydrogen-bond donors (Lipinski definition) is 0.